The molecule has 3 nitrogen and oxygen atoms in total. The first-order chi connectivity index (χ1) is 10.1. The van der Waals surface area contributed by atoms with E-state index in [0.29, 0.717) is 29.5 Å². The van der Waals surface area contributed by atoms with Crippen molar-refractivity contribution in [3.05, 3.63) is 57.5 Å². The summed E-state index contributed by atoms with van der Waals surface area (Å²) in [6.45, 7) is 2.22. The van der Waals surface area contributed by atoms with Crippen LogP contribution in [0.5, 0.6) is 11.5 Å². The lowest BCUT2D eigenvalue weighted by Gasteiger charge is -2.11. The number of hydrogen-bond acceptors (Lipinski definition) is 3. The Morgan fingerprint density at radius 1 is 1.10 bits per heavy atom. The summed E-state index contributed by atoms with van der Waals surface area (Å²) < 4.78 is 12.1. The number of ketones is 1. The minimum absolute atomic E-state index is 0.0821. The molecule has 110 valence electrons. The Hall–Kier alpha value is -1.52. The van der Waals surface area contributed by atoms with Crippen LogP contribution in [-0.4, -0.2) is 19.0 Å². The van der Waals surface area contributed by atoms with Crippen molar-refractivity contribution in [3.8, 4) is 11.5 Å². The topological polar surface area (TPSA) is 35.5 Å². The van der Waals surface area contributed by atoms with Gasteiger partial charge in [0, 0.05) is 9.50 Å². The molecule has 5 heteroatoms. The molecule has 0 radical (unpaired) electrons. The monoisotopic (exact) mass is 368 g/mol. The van der Waals surface area contributed by atoms with Gasteiger partial charge in [0.15, 0.2) is 5.78 Å². The van der Waals surface area contributed by atoms with Crippen LogP contribution < -0.4 is 9.47 Å². The summed E-state index contributed by atoms with van der Waals surface area (Å²) in [4.78, 5) is 11.5. The molecule has 0 spiro atoms. The molecular weight excluding hydrogens is 356 g/mol. The Bertz CT molecular complexity index is 626. The van der Waals surface area contributed by atoms with E-state index >= 15 is 0 Å². The SMILES string of the molecule is CC(=O)c1cc(Cl)ccc1OCCOc1ccc(Br)cc1. The summed E-state index contributed by atoms with van der Waals surface area (Å²) >= 11 is 9.24. The predicted molar refractivity (Wildman–Crippen MR) is 86.6 cm³/mol. The third kappa shape index (κ3) is 4.76. The molecule has 21 heavy (non-hydrogen) atoms. The molecule has 0 saturated carbocycles. The standard InChI is InChI=1S/C16H14BrClO3/c1-11(19)15-10-13(18)4-7-16(15)21-9-8-20-14-5-2-12(17)3-6-14/h2-7,10H,8-9H2,1H3. The third-order valence-corrected chi connectivity index (χ3v) is 3.51. The Kier molecular flexibility index (Phi) is 5.65. The largest absolute Gasteiger partial charge is 0.490 e. The molecule has 0 N–H and O–H groups in total. The van der Waals surface area contributed by atoms with Crippen LogP contribution in [0.2, 0.25) is 5.02 Å². The molecule has 0 aliphatic rings. The Labute approximate surface area is 137 Å². The van der Waals surface area contributed by atoms with Crippen LogP contribution in [-0.2, 0) is 0 Å². The zero-order valence-electron chi connectivity index (χ0n) is 11.4. The quantitative estimate of drug-likeness (QED) is 0.544. The molecule has 2 aromatic carbocycles. The van der Waals surface area contributed by atoms with Gasteiger partial charge in [0.25, 0.3) is 0 Å². The highest BCUT2D eigenvalue weighted by Gasteiger charge is 2.09. The van der Waals surface area contributed by atoms with E-state index in [1.807, 2.05) is 24.3 Å². The smallest absolute Gasteiger partial charge is 0.163 e. The summed E-state index contributed by atoms with van der Waals surface area (Å²) in [6.07, 6.45) is 0. The summed E-state index contributed by atoms with van der Waals surface area (Å²) in [5.74, 6) is 1.21. The number of Topliss-reactive ketones (excluding diaryl/α,β-unsaturated/α-hetero) is 1. The van der Waals surface area contributed by atoms with E-state index in [1.165, 1.54) is 6.92 Å². The zero-order chi connectivity index (χ0) is 15.2. The fourth-order valence-corrected chi connectivity index (χ4v) is 2.18. The number of ether oxygens (including phenoxy) is 2. The number of carbonyl (C=O) groups is 1. The van der Waals surface area contributed by atoms with Crippen LogP contribution in [0.1, 0.15) is 17.3 Å². The zero-order valence-corrected chi connectivity index (χ0v) is 13.8. The highest BCUT2D eigenvalue weighted by atomic mass is 79.9. The molecule has 0 atom stereocenters. The fraction of sp³-hybridized carbons (Fsp3) is 0.188. The van der Waals surface area contributed by atoms with Gasteiger partial charge in [0.2, 0.25) is 0 Å². The van der Waals surface area contributed by atoms with Gasteiger partial charge in [-0.15, -0.1) is 0 Å². The van der Waals surface area contributed by atoms with Gasteiger partial charge in [-0.2, -0.15) is 0 Å². The maximum absolute atomic E-state index is 11.5. The third-order valence-electron chi connectivity index (χ3n) is 2.74. The number of rotatable bonds is 6. The van der Waals surface area contributed by atoms with Crippen molar-refractivity contribution in [2.24, 2.45) is 0 Å². The first-order valence-electron chi connectivity index (χ1n) is 6.38. The van der Waals surface area contributed by atoms with E-state index in [0.717, 1.165) is 10.2 Å². The van der Waals surface area contributed by atoms with Crippen LogP contribution in [0.4, 0.5) is 0 Å². The van der Waals surface area contributed by atoms with Crippen molar-refractivity contribution in [2.75, 3.05) is 13.2 Å². The first-order valence-corrected chi connectivity index (χ1v) is 7.55. The van der Waals surface area contributed by atoms with Gasteiger partial charge in [0.1, 0.15) is 24.7 Å². The molecule has 0 aromatic heterocycles. The van der Waals surface area contributed by atoms with Gasteiger partial charge in [0.05, 0.1) is 5.56 Å². The molecular formula is C16H14BrClO3. The Morgan fingerprint density at radius 2 is 1.76 bits per heavy atom. The molecule has 0 amide bonds. The van der Waals surface area contributed by atoms with E-state index in [4.69, 9.17) is 21.1 Å². The summed E-state index contributed by atoms with van der Waals surface area (Å²) in [6, 6.07) is 12.5. The van der Waals surface area contributed by atoms with Crippen LogP contribution in [0.15, 0.2) is 46.9 Å². The minimum Gasteiger partial charge on any atom is -0.490 e. The molecule has 0 aliphatic heterocycles. The van der Waals surface area contributed by atoms with Gasteiger partial charge in [-0.3, -0.25) is 4.79 Å². The Morgan fingerprint density at radius 3 is 2.43 bits per heavy atom. The molecule has 0 aliphatic carbocycles. The van der Waals surface area contributed by atoms with Crippen LogP contribution in [0, 0.1) is 0 Å². The normalized spacial score (nSPS) is 10.2. The van der Waals surface area contributed by atoms with E-state index in [2.05, 4.69) is 15.9 Å². The summed E-state index contributed by atoms with van der Waals surface area (Å²) in [5, 5.41) is 0.513. The van der Waals surface area contributed by atoms with E-state index in [9.17, 15) is 4.79 Å². The molecule has 2 aromatic rings. The van der Waals surface area contributed by atoms with Gasteiger partial charge < -0.3 is 9.47 Å². The molecule has 0 saturated heterocycles. The number of carbonyl (C=O) groups excluding carboxylic acids is 1. The van der Waals surface area contributed by atoms with Crippen LogP contribution in [0.25, 0.3) is 0 Å². The van der Waals surface area contributed by atoms with Crippen molar-refractivity contribution < 1.29 is 14.3 Å². The second-order valence-electron chi connectivity index (χ2n) is 4.35. The van der Waals surface area contributed by atoms with Gasteiger partial charge >= 0.3 is 0 Å². The lowest BCUT2D eigenvalue weighted by atomic mass is 10.1. The highest BCUT2D eigenvalue weighted by Crippen LogP contribution is 2.23. The van der Waals surface area contributed by atoms with E-state index < -0.39 is 0 Å². The van der Waals surface area contributed by atoms with Crippen molar-refractivity contribution >= 4 is 33.3 Å². The van der Waals surface area contributed by atoms with Gasteiger partial charge in [-0.25, -0.2) is 0 Å². The van der Waals surface area contributed by atoms with Crippen LogP contribution in [0.3, 0.4) is 0 Å². The van der Waals surface area contributed by atoms with Gasteiger partial charge in [-0.1, -0.05) is 27.5 Å². The van der Waals surface area contributed by atoms with Crippen LogP contribution >= 0.6 is 27.5 Å². The van der Waals surface area contributed by atoms with E-state index in [-0.39, 0.29) is 5.78 Å². The molecule has 2 rings (SSSR count). The lowest BCUT2D eigenvalue weighted by Crippen LogP contribution is -2.10. The van der Waals surface area contributed by atoms with Crippen molar-refractivity contribution in [1.82, 2.24) is 0 Å². The second-order valence-corrected chi connectivity index (χ2v) is 5.70. The predicted octanol–water partition coefficient (Wildman–Crippen LogP) is 4.76. The van der Waals surface area contributed by atoms with E-state index in [1.54, 1.807) is 18.2 Å². The number of halogens is 2. The Balaban J connectivity index is 1.89. The van der Waals surface area contributed by atoms with Crippen molar-refractivity contribution in [1.29, 1.82) is 0 Å². The maximum atomic E-state index is 11.5. The lowest BCUT2D eigenvalue weighted by molar-refractivity contribution is 0.101. The fourth-order valence-electron chi connectivity index (χ4n) is 1.75. The molecule has 0 bridgehead atoms. The summed E-state index contributed by atoms with van der Waals surface area (Å²) in [5.41, 5.74) is 0.478. The minimum atomic E-state index is -0.0821. The summed E-state index contributed by atoms with van der Waals surface area (Å²) in [7, 11) is 0. The molecule has 0 fully saturated rings. The average Bonchev–Trinajstić information content (AvgIpc) is 2.46. The maximum Gasteiger partial charge on any atom is 0.163 e. The molecule has 0 heterocycles. The highest BCUT2D eigenvalue weighted by molar-refractivity contribution is 9.10. The second kappa shape index (κ2) is 7.48. The van der Waals surface area contributed by atoms with Crippen molar-refractivity contribution in [3.63, 3.8) is 0 Å². The van der Waals surface area contributed by atoms with Crippen molar-refractivity contribution in [2.45, 2.75) is 6.92 Å². The number of benzene rings is 2. The molecule has 0 unspecified atom stereocenters. The first kappa shape index (κ1) is 15.9. The number of hydrogen-bond donors (Lipinski definition) is 0. The van der Waals surface area contributed by atoms with Gasteiger partial charge in [-0.05, 0) is 49.4 Å². The average molecular weight is 370 g/mol.